The molecule has 3 heterocycles. The quantitative estimate of drug-likeness (QED) is 0.330. The molecule has 1 aromatic heterocycles. The Balaban J connectivity index is 1.53. The van der Waals surface area contributed by atoms with Gasteiger partial charge in [-0.3, -0.25) is 0 Å². The van der Waals surface area contributed by atoms with Crippen LogP contribution in [-0.4, -0.2) is 11.3 Å². The Bertz CT molecular complexity index is 1730. The molecule has 0 N–H and O–H groups in total. The van der Waals surface area contributed by atoms with E-state index >= 15 is 0 Å². The third-order valence-corrected chi connectivity index (χ3v) is 7.41. The van der Waals surface area contributed by atoms with Crippen molar-refractivity contribution in [2.24, 2.45) is 0 Å². The average Bonchev–Trinajstić information content (AvgIpc) is 3.38. The van der Waals surface area contributed by atoms with Crippen molar-refractivity contribution < 1.29 is 0 Å². The van der Waals surface area contributed by atoms with Gasteiger partial charge in [0.05, 0.1) is 5.52 Å². The van der Waals surface area contributed by atoms with Crippen molar-refractivity contribution in [3.8, 4) is 27.9 Å². The average molecular weight is 403 g/mol. The second-order valence-electron chi connectivity index (χ2n) is 8.94. The number of aromatic nitrogens is 1. The van der Waals surface area contributed by atoms with Crippen LogP contribution < -0.4 is 16.4 Å². The lowest BCUT2D eigenvalue weighted by Crippen LogP contribution is -2.53. The number of hydrogen-bond donors (Lipinski definition) is 0. The lowest BCUT2D eigenvalue weighted by Gasteiger charge is -2.24. The summed E-state index contributed by atoms with van der Waals surface area (Å²) in [7, 11) is 0. The number of hydrogen-bond acceptors (Lipinski definition) is 0. The van der Waals surface area contributed by atoms with Crippen LogP contribution in [0.4, 0.5) is 0 Å². The van der Waals surface area contributed by atoms with Gasteiger partial charge in [0.1, 0.15) is 0 Å². The molecule has 0 saturated heterocycles. The van der Waals surface area contributed by atoms with Gasteiger partial charge in [-0.15, -0.1) is 0 Å². The Labute approximate surface area is 186 Å². The van der Waals surface area contributed by atoms with Crippen LogP contribution in [0.3, 0.4) is 0 Å². The van der Waals surface area contributed by atoms with E-state index < -0.39 is 0 Å². The fraction of sp³-hybridized carbons (Fsp3) is 0. The second-order valence-corrected chi connectivity index (χ2v) is 8.94. The molecule has 0 bridgehead atoms. The van der Waals surface area contributed by atoms with E-state index in [-0.39, 0.29) is 0 Å². The number of fused-ring (bicyclic) bond motifs is 9. The largest absolute Gasteiger partial charge is 0.310 e. The molecule has 0 spiro atoms. The van der Waals surface area contributed by atoms with E-state index in [4.69, 9.17) is 0 Å². The predicted molar refractivity (Wildman–Crippen MR) is 136 cm³/mol. The van der Waals surface area contributed by atoms with Gasteiger partial charge in [-0.1, -0.05) is 96.5 Å². The van der Waals surface area contributed by atoms with E-state index in [9.17, 15) is 0 Å². The van der Waals surface area contributed by atoms with Gasteiger partial charge in [0, 0.05) is 22.0 Å². The summed E-state index contributed by atoms with van der Waals surface area (Å²) in [5.41, 5.74) is 13.6. The molecule has 2 heteroatoms. The van der Waals surface area contributed by atoms with Crippen LogP contribution in [0.25, 0.3) is 49.7 Å². The zero-order chi connectivity index (χ0) is 20.8. The van der Waals surface area contributed by atoms with E-state index in [0.29, 0.717) is 6.71 Å². The summed E-state index contributed by atoms with van der Waals surface area (Å²) in [4.78, 5) is 0. The van der Waals surface area contributed by atoms with Crippen LogP contribution in [-0.2, 0) is 0 Å². The molecule has 8 rings (SSSR count). The molecule has 6 aromatic rings. The molecular weight excluding hydrogens is 385 g/mol. The first-order valence-corrected chi connectivity index (χ1v) is 11.3. The van der Waals surface area contributed by atoms with Gasteiger partial charge in [0.15, 0.2) is 0 Å². The van der Waals surface area contributed by atoms with Crippen LogP contribution >= 0.6 is 0 Å². The van der Waals surface area contributed by atoms with Crippen molar-refractivity contribution >= 4 is 44.9 Å². The molecule has 0 fully saturated rings. The lowest BCUT2D eigenvalue weighted by molar-refractivity contribution is 1.19. The highest BCUT2D eigenvalue weighted by Gasteiger charge is 2.40. The molecule has 1 nitrogen and oxygen atoms in total. The van der Waals surface area contributed by atoms with Crippen molar-refractivity contribution in [1.29, 1.82) is 0 Å². The first-order chi connectivity index (χ1) is 15.9. The van der Waals surface area contributed by atoms with Crippen molar-refractivity contribution in [3.63, 3.8) is 0 Å². The number of benzene rings is 5. The van der Waals surface area contributed by atoms with Crippen molar-refractivity contribution in [2.75, 3.05) is 0 Å². The van der Waals surface area contributed by atoms with Crippen molar-refractivity contribution in [1.82, 2.24) is 4.57 Å². The van der Waals surface area contributed by atoms with Gasteiger partial charge in [-0.2, -0.15) is 0 Å². The monoisotopic (exact) mass is 403 g/mol. The smallest absolute Gasteiger partial charge is 0.248 e. The zero-order valence-electron chi connectivity index (χ0n) is 17.4. The van der Waals surface area contributed by atoms with Gasteiger partial charge in [-0.05, 0) is 51.4 Å². The van der Waals surface area contributed by atoms with Crippen molar-refractivity contribution in [3.05, 3.63) is 109 Å². The Morgan fingerprint density at radius 3 is 2.28 bits per heavy atom. The summed E-state index contributed by atoms with van der Waals surface area (Å²) in [6.07, 6.45) is 0. The highest BCUT2D eigenvalue weighted by molar-refractivity contribution is 7.01. The summed E-state index contributed by atoms with van der Waals surface area (Å²) >= 11 is 0. The highest BCUT2D eigenvalue weighted by Crippen LogP contribution is 2.38. The maximum atomic E-state index is 2.50. The third kappa shape index (κ3) is 1.91. The summed E-state index contributed by atoms with van der Waals surface area (Å²) in [6.45, 7) is 0.293. The molecule has 0 aliphatic carbocycles. The van der Waals surface area contributed by atoms with E-state index in [2.05, 4.69) is 114 Å². The molecule has 0 atom stereocenters. The third-order valence-electron chi connectivity index (χ3n) is 7.41. The molecule has 146 valence electrons. The lowest BCUT2D eigenvalue weighted by atomic mass is 9.37. The summed E-state index contributed by atoms with van der Waals surface area (Å²) < 4.78 is 2.50. The zero-order valence-corrected chi connectivity index (χ0v) is 17.4. The van der Waals surface area contributed by atoms with Gasteiger partial charge < -0.3 is 4.57 Å². The number of para-hydroxylation sites is 2. The van der Waals surface area contributed by atoms with Crippen LogP contribution in [0.2, 0.25) is 0 Å². The van der Waals surface area contributed by atoms with Gasteiger partial charge >= 0.3 is 0 Å². The minimum absolute atomic E-state index is 0.293. The Hall–Kier alpha value is -4.04. The van der Waals surface area contributed by atoms with E-state index in [1.54, 1.807) is 0 Å². The fourth-order valence-corrected chi connectivity index (χ4v) is 6.13. The normalized spacial score (nSPS) is 12.9. The molecule has 0 unspecified atom stereocenters. The highest BCUT2D eigenvalue weighted by atomic mass is 15.0. The predicted octanol–water partition coefficient (Wildman–Crippen LogP) is 5.26. The Morgan fingerprint density at radius 2 is 1.34 bits per heavy atom. The van der Waals surface area contributed by atoms with E-state index in [1.807, 2.05) is 0 Å². The van der Waals surface area contributed by atoms with Crippen LogP contribution in [0.15, 0.2) is 109 Å². The standard InChI is InChI=1S/C30H18BN/c1-2-8-19(9-3-1)20-14-17-25-24(18-20)22-15-16-23-21-10-4-6-12-27(21)32-28-13-7-5-11-26(28)31(25)29(22)30(23)32/h1-18H. The fourth-order valence-electron chi connectivity index (χ4n) is 6.13. The minimum atomic E-state index is 0.293. The first kappa shape index (κ1) is 16.6. The Morgan fingerprint density at radius 1 is 0.531 bits per heavy atom. The number of rotatable bonds is 1. The molecule has 0 radical (unpaired) electrons. The molecular formula is C30H18BN. The maximum absolute atomic E-state index is 2.50. The molecule has 5 aromatic carbocycles. The first-order valence-electron chi connectivity index (χ1n) is 11.3. The topological polar surface area (TPSA) is 4.93 Å². The van der Waals surface area contributed by atoms with Crippen LogP contribution in [0.1, 0.15) is 0 Å². The van der Waals surface area contributed by atoms with Gasteiger partial charge in [0.25, 0.3) is 0 Å². The van der Waals surface area contributed by atoms with E-state index in [1.165, 1.54) is 66.1 Å². The molecule has 0 saturated carbocycles. The van der Waals surface area contributed by atoms with E-state index in [0.717, 1.165) is 0 Å². The molecule has 0 amide bonds. The minimum Gasteiger partial charge on any atom is -0.310 e. The molecule has 2 aliphatic rings. The molecule has 2 aliphatic heterocycles. The second kappa shape index (κ2) is 5.80. The SMILES string of the molecule is c1ccc(-c2ccc3c(c2)-c2ccc4c5ccccc5n5c4c2B3c2ccccc2-5)cc1. The maximum Gasteiger partial charge on any atom is 0.248 e. The van der Waals surface area contributed by atoms with Gasteiger partial charge in [-0.25, -0.2) is 0 Å². The summed E-state index contributed by atoms with van der Waals surface area (Å²) in [6, 6.07) is 40.3. The van der Waals surface area contributed by atoms with Crippen LogP contribution in [0.5, 0.6) is 0 Å². The summed E-state index contributed by atoms with van der Waals surface area (Å²) in [5, 5.41) is 2.69. The number of nitrogens with zero attached hydrogens (tertiary/aromatic N) is 1. The Kier molecular flexibility index (Phi) is 3.02. The van der Waals surface area contributed by atoms with Gasteiger partial charge in [0.2, 0.25) is 6.71 Å². The summed E-state index contributed by atoms with van der Waals surface area (Å²) in [5.74, 6) is 0. The van der Waals surface area contributed by atoms with Crippen LogP contribution in [0, 0.1) is 0 Å². The molecule has 32 heavy (non-hydrogen) atoms. The van der Waals surface area contributed by atoms with Crippen molar-refractivity contribution in [2.45, 2.75) is 0 Å².